The molecular weight excluding hydrogens is 324 g/mol. The van der Waals surface area contributed by atoms with Crippen LogP contribution in [0.3, 0.4) is 0 Å². The van der Waals surface area contributed by atoms with Crippen LogP contribution in [0.15, 0.2) is 48.7 Å². The first kappa shape index (κ1) is 14.6. The van der Waals surface area contributed by atoms with Gasteiger partial charge in [0.05, 0.1) is 21.9 Å². The molecule has 7 heteroatoms. The van der Waals surface area contributed by atoms with Crippen LogP contribution in [-0.4, -0.2) is 25.4 Å². The van der Waals surface area contributed by atoms with Gasteiger partial charge < -0.3 is 5.32 Å². The summed E-state index contributed by atoms with van der Waals surface area (Å²) in [6.45, 7) is 1.89. The minimum absolute atomic E-state index is 0.610. The maximum Gasteiger partial charge on any atom is 0.161 e. The van der Waals surface area contributed by atoms with Gasteiger partial charge in [0.1, 0.15) is 0 Å². The zero-order chi connectivity index (χ0) is 16.5. The number of aromatic nitrogens is 5. The number of fused-ring (bicyclic) bond motifs is 1. The molecule has 0 saturated heterocycles. The molecule has 1 aromatic carbocycles. The zero-order valence-corrected chi connectivity index (χ0v) is 13.5. The molecule has 0 saturated carbocycles. The Hall–Kier alpha value is -2.99. The largest absolute Gasteiger partial charge is 0.321 e. The van der Waals surface area contributed by atoms with Gasteiger partial charge in [-0.1, -0.05) is 17.7 Å². The van der Waals surface area contributed by atoms with Gasteiger partial charge in [0.15, 0.2) is 11.6 Å². The lowest BCUT2D eigenvalue weighted by molar-refractivity contribution is 0.982. The summed E-state index contributed by atoms with van der Waals surface area (Å²) in [4.78, 5) is 4.36. The van der Waals surface area contributed by atoms with Crippen molar-refractivity contribution in [2.75, 3.05) is 5.32 Å². The van der Waals surface area contributed by atoms with Crippen molar-refractivity contribution < 1.29 is 0 Å². The third kappa shape index (κ3) is 2.68. The van der Waals surface area contributed by atoms with Crippen molar-refractivity contribution in [3.8, 4) is 11.3 Å². The molecule has 0 aliphatic heterocycles. The summed E-state index contributed by atoms with van der Waals surface area (Å²) >= 11 is 6.25. The second kappa shape index (κ2) is 5.90. The minimum Gasteiger partial charge on any atom is -0.321 e. The van der Waals surface area contributed by atoms with Gasteiger partial charge in [0.25, 0.3) is 0 Å². The number of aromatic amines is 1. The van der Waals surface area contributed by atoms with Crippen LogP contribution in [0.5, 0.6) is 0 Å². The van der Waals surface area contributed by atoms with E-state index in [0.29, 0.717) is 16.7 Å². The molecule has 6 nitrogen and oxygen atoms in total. The van der Waals surface area contributed by atoms with Crippen molar-refractivity contribution in [2.45, 2.75) is 6.92 Å². The van der Waals surface area contributed by atoms with Gasteiger partial charge >= 0.3 is 0 Å². The Morgan fingerprint density at radius 2 is 2.00 bits per heavy atom. The highest BCUT2D eigenvalue weighted by atomic mass is 35.5. The van der Waals surface area contributed by atoms with Gasteiger partial charge in [-0.25, -0.2) is 0 Å². The molecule has 0 bridgehead atoms. The van der Waals surface area contributed by atoms with Crippen molar-refractivity contribution in [3.63, 3.8) is 0 Å². The fourth-order valence-electron chi connectivity index (χ4n) is 2.44. The van der Waals surface area contributed by atoms with Gasteiger partial charge in [-0.2, -0.15) is 10.2 Å². The van der Waals surface area contributed by atoms with Crippen LogP contribution in [0.25, 0.3) is 22.2 Å². The van der Waals surface area contributed by atoms with E-state index in [-0.39, 0.29) is 0 Å². The van der Waals surface area contributed by atoms with Gasteiger partial charge in [0, 0.05) is 17.1 Å². The van der Waals surface area contributed by atoms with E-state index in [2.05, 4.69) is 30.7 Å². The SMILES string of the molecule is Cc1ccc(Nc2n[nH]c3ccc(-c4ncccc4Cl)cc23)nn1. The third-order valence-electron chi connectivity index (χ3n) is 3.64. The van der Waals surface area contributed by atoms with Gasteiger partial charge in [-0.3, -0.25) is 10.1 Å². The second-order valence-corrected chi connectivity index (χ2v) is 5.76. The molecule has 2 N–H and O–H groups in total. The van der Waals surface area contributed by atoms with Crippen LogP contribution >= 0.6 is 11.6 Å². The Morgan fingerprint density at radius 1 is 1.08 bits per heavy atom. The van der Waals surface area contributed by atoms with E-state index in [1.165, 1.54) is 0 Å². The number of nitrogens with one attached hydrogen (secondary N) is 2. The quantitative estimate of drug-likeness (QED) is 0.588. The molecule has 0 radical (unpaired) electrons. The molecular formula is C17H13ClN6. The van der Waals surface area contributed by atoms with E-state index < -0.39 is 0 Å². The van der Waals surface area contributed by atoms with E-state index in [9.17, 15) is 0 Å². The van der Waals surface area contributed by atoms with E-state index in [0.717, 1.165) is 27.9 Å². The first-order valence-electron chi connectivity index (χ1n) is 7.37. The number of benzene rings is 1. The molecule has 0 fully saturated rings. The molecule has 3 heterocycles. The highest BCUT2D eigenvalue weighted by Crippen LogP contribution is 2.30. The number of hydrogen-bond donors (Lipinski definition) is 2. The molecule has 118 valence electrons. The molecule has 0 amide bonds. The Morgan fingerprint density at radius 3 is 2.79 bits per heavy atom. The predicted molar refractivity (Wildman–Crippen MR) is 94.4 cm³/mol. The molecule has 4 aromatic rings. The third-order valence-corrected chi connectivity index (χ3v) is 3.94. The monoisotopic (exact) mass is 336 g/mol. The number of halogens is 1. The van der Waals surface area contributed by atoms with Gasteiger partial charge in [-0.15, -0.1) is 5.10 Å². The van der Waals surface area contributed by atoms with Gasteiger partial charge in [0.2, 0.25) is 0 Å². The number of nitrogens with zero attached hydrogens (tertiary/aromatic N) is 4. The van der Waals surface area contributed by atoms with Crippen molar-refractivity contribution >= 4 is 34.1 Å². The average Bonchev–Trinajstić information content (AvgIpc) is 2.99. The van der Waals surface area contributed by atoms with Crippen molar-refractivity contribution in [1.82, 2.24) is 25.4 Å². The molecule has 0 aliphatic rings. The number of anilines is 2. The van der Waals surface area contributed by atoms with E-state index in [1.807, 2.05) is 49.4 Å². The number of H-pyrrole nitrogens is 1. The summed E-state index contributed by atoms with van der Waals surface area (Å²) in [7, 11) is 0. The van der Waals surface area contributed by atoms with Crippen LogP contribution in [0, 0.1) is 6.92 Å². The normalized spacial score (nSPS) is 10.9. The zero-order valence-electron chi connectivity index (χ0n) is 12.8. The Kier molecular flexibility index (Phi) is 3.59. The smallest absolute Gasteiger partial charge is 0.161 e. The van der Waals surface area contributed by atoms with Gasteiger partial charge in [-0.05, 0) is 43.3 Å². The molecule has 3 aromatic heterocycles. The van der Waals surface area contributed by atoms with E-state index in [4.69, 9.17) is 11.6 Å². The Balaban J connectivity index is 1.76. The molecule has 4 rings (SSSR count). The number of rotatable bonds is 3. The maximum absolute atomic E-state index is 6.25. The summed E-state index contributed by atoms with van der Waals surface area (Å²) in [6, 6.07) is 13.3. The molecule has 24 heavy (non-hydrogen) atoms. The summed E-state index contributed by atoms with van der Waals surface area (Å²) < 4.78 is 0. The number of hydrogen-bond acceptors (Lipinski definition) is 5. The summed E-state index contributed by atoms with van der Waals surface area (Å²) in [6.07, 6.45) is 1.72. The fourth-order valence-corrected chi connectivity index (χ4v) is 2.67. The Bertz CT molecular complexity index is 1010. The lowest BCUT2D eigenvalue weighted by Crippen LogP contribution is -1.96. The van der Waals surface area contributed by atoms with Crippen LogP contribution < -0.4 is 5.32 Å². The highest BCUT2D eigenvalue weighted by Gasteiger charge is 2.10. The maximum atomic E-state index is 6.25. The van der Waals surface area contributed by atoms with Crippen LogP contribution in [0.4, 0.5) is 11.6 Å². The van der Waals surface area contributed by atoms with Crippen molar-refractivity contribution in [3.05, 3.63) is 59.4 Å². The van der Waals surface area contributed by atoms with Crippen LogP contribution in [0.1, 0.15) is 5.69 Å². The standard InChI is InChI=1S/C17H13ClN6/c1-10-4-7-15(23-21-10)20-17-12-9-11(5-6-14(12)22-24-17)16-13(18)3-2-8-19-16/h2-9H,1H3,(H2,20,22,23,24). The van der Waals surface area contributed by atoms with Crippen LogP contribution in [-0.2, 0) is 0 Å². The number of pyridine rings is 1. The lowest BCUT2D eigenvalue weighted by Gasteiger charge is -2.05. The molecule has 0 aliphatic carbocycles. The summed E-state index contributed by atoms with van der Waals surface area (Å²) in [5.41, 5.74) is 3.43. The molecule has 0 atom stereocenters. The predicted octanol–water partition coefficient (Wildman–Crippen LogP) is 4.12. The summed E-state index contributed by atoms with van der Waals surface area (Å²) in [5, 5.41) is 20.2. The summed E-state index contributed by atoms with van der Waals surface area (Å²) in [5.74, 6) is 1.31. The number of aryl methyl sites for hydroxylation is 1. The minimum atomic E-state index is 0.610. The highest BCUT2D eigenvalue weighted by molar-refractivity contribution is 6.33. The molecule has 0 spiro atoms. The van der Waals surface area contributed by atoms with Crippen molar-refractivity contribution in [1.29, 1.82) is 0 Å². The lowest BCUT2D eigenvalue weighted by atomic mass is 10.1. The second-order valence-electron chi connectivity index (χ2n) is 5.35. The van der Waals surface area contributed by atoms with Crippen molar-refractivity contribution in [2.24, 2.45) is 0 Å². The van der Waals surface area contributed by atoms with Crippen LogP contribution in [0.2, 0.25) is 5.02 Å². The fraction of sp³-hybridized carbons (Fsp3) is 0.0588. The van der Waals surface area contributed by atoms with E-state index >= 15 is 0 Å². The average molecular weight is 337 g/mol. The first-order chi connectivity index (χ1) is 11.7. The Labute approximate surface area is 142 Å². The first-order valence-corrected chi connectivity index (χ1v) is 7.75. The topological polar surface area (TPSA) is 79.4 Å². The molecule has 0 unspecified atom stereocenters. The van der Waals surface area contributed by atoms with E-state index in [1.54, 1.807) is 6.20 Å².